The molecule has 21 heavy (non-hydrogen) atoms. The molecule has 1 aromatic rings. The molecule has 118 valence electrons. The molecule has 0 bridgehead atoms. The van der Waals surface area contributed by atoms with Gasteiger partial charge in [0.25, 0.3) is 0 Å². The van der Waals surface area contributed by atoms with Gasteiger partial charge in [0.1, 0.15) is 5.75 Å². The molecule has 0 spiro atoms. The quantitative estimate of drug-likeness (QED) is 0.846. The summed E-state index contributed by atoms with van der Waals surface area (Å²) in [6, 6.07) is 8.13. The highest BCUT2D eigenvalue weighted by molar-refractivity contribution is 5.33. The zero-order valence-electron chi connectivity index (χ0n) is 12.8. The van der Waals surface area contributed by atoms with Crippen molar-refractivity contribution in [2.45, 2.75) is 6.54 Å². The summed E-state index contributed by atoms with van der Waals surface area (Å²) in [5.74, 6) is 0.929. The van der Waals surface area contributed by atoms with E-state index in [4.69, 9.17) is 18.9 Å². The first kappa shape index (κ1) is 16.2. The Morgan fingerprint density at radius 3 is 2.10 bits per heavy atom. The van der Waals surface area contributed by atoms with E-state index in [9.17, 15) is 0 Å². The van der Waals surface area contributed by atoms with Gasteiger partial charge >= 0.3 is 0 Å². The van der Waals surface area contributed by atoms with Crippen LogP contribution in [0.1, 0.15) is 5.56 Å². The van der Waals surface area contributed by atoms with Crippen molar-refractivity contribution < 1.29 is 18.9 Å². The van der Waals surface area contributed by atoms with Crippen LogP contribution in [0.2, 0.25) is 0 Å². The lowest BCUT2D eigenvalue weighted by molar-refractivity contribution is -0.00696. The Kier molecular flexibility index (Phi) is 7.53. The number of benzene rings is 1. The van der Waals surface area contributed by atoms with Crippen molar-refractivity contribution in [3.63, 3.8) is 0 Å². The molecule has 0 N–H and O–H groups in total. The number of methoxy groups -OCH3 is 1. The summed E-state index contributed by atoms with van der Waals surface area (Å²) in [4.78, 5) is 2.33. The van der Waals surface area contributed by atoms with Crippen molar-refractivity contribution in [1.29, 1.82) is 0 Å². The summed E-state index contributed by atoms with van der Waals surface area (Å²) < 4.78 is 22.0. The standard InChI is InChI=1S/C16H25NO4/c1-18-16-5-3-2-4-15(16)14-17-6-8-19-10-12-21-13-11-20-9-7-17/h2-5H,6-14H2,1H3. The molecule has 1 fully saturated rings. The lowest BCUT2D eigenvalue weighted by Crippen LogP contribution is -2.32. The van der Waals surface area contributed by atoms with E-state index in [2.05, 4.69) is 11.0 Å². The van der Waals surface area contributed by atoms with Gasteiger partial charge in [-0.05, 0) is 6.07 Å². The van der Waals surface area contributed by atoms with E-state index in [0.29, 0.717) is 39.6 Å². The highest BCUT2D eigenvalue weighted by Gasteiger charge is 2.10. The molecule has 1 heterocycles. The minimum absolute atomic E-state index is 0.635. The molecule has 5 nitrogen and oxygen atoms in total. The maximum atomic E-state index is 5.59. The molecule has 0 amide bonds. The molecular weight excluding hydrogens is 270 g/mol. The van der Waals surface area contributed by atoms with Gasteiger partial charge in [0.05, 0.1) is 46.8 Å². The van der Waals surface area contributed by atoms with Gasteiger partial charge in [-0.2, -0.15) is 0 Å². The SMILES string of the molecule is COc1ccccc1CN1CCOCCOCCOCC1. The minimum atomic E-state index is 0.635. The van der Waals surface area contributed by atoms with E-state index in [1.165, 1.54) is 5.56 Å². The fraction of sp³-hybridized carbons (Fsp3) is 0.625. The van der Waals surface area contributed by atoms with Gasteiger partial charge in [0.2, 0.25) is 0 Å². The zero-order chi connectivity index (χ0) is 14.8. The van der Waals surface area contributed by atoms with Gasteiger partial charge in [-0.15, -0.1) is 0 Å². The molecule has 0 saturated carbocycles. The number of hydrogen-bond acceptors (Lipinski definition) is 5. The second kappa shape index (κ2) is 9.73. The van der Waals surface area contributed by atoms with E-state index in [1.54, 1.807) is 7.11 Å². The summed E-state index contributed by atoms with van der Waals surface area (Å²) in [5.41, 5.74) is 1.19. The van der Waals surface area contributed by atoms with Gasteiger partial charge in [0, 0.05) is 25.2 Å². The zero-order valence-corrected chi connectivity index (χ0v) is 12.8. The molecule has 0 unspecified atom stereocenters. The van der Waals surface area contributed by atoms with Crippen LogP contribution in [-0.4, -0.2) is 64.7 Å². The number of hydrogen-bond donors (Lipinski definition) is 0. The molecule has 0 aromatic heterocycles. The average molecular weight is 295 g/mol. The third kappa shape index (κ3) is 6.01. The topological polar surface area (TPSA) is 40.2 Å². The molecule has 5 heteroatoms. The molecule has 0 atom stereocenters. The van der Waals surface area contributed by atoms with E-state index in [-0.39, 0.29) is 0 Å². The average Bonchev–Trinajstić information content (AvgIpc) is 2.50. The summed E-state index contributed by atoms with van der Waals surface area (Å²) >= 11 is 0. The van der Waals surface area contributed by atoms with E-state index >= 15 is 0 Å². The van der Waals surface area contributed by atoms with Gasteiger partial charge in [-0.3, -0.25) is 4.90 Å². The van der Waals surface area contributed by atoms with E-state index < -0.39 is 0 Å². The minimum Gasteiger partial charge on any atom is -0.496 e. The number of nitrogens with zero attached hydrogens (tertiary/aromatic N) is 1. The van der Waals surface area contributed by atoms with Crippen LogP contribution in [-0.2, 0) is 20.8 Å². The molecule has 2 rings (SSSR count). The van der Waals surface area contributed by atoms with Gasteiger partial charge in [-0.25, -0.2) is 0 Å². The van der Waals surface area contributed by atoms with Crippen LogP contribution < -0.4 is 4.74 Å². The van der Waals surface area contributed by atoms with Gasteiger partial charge in [0.15, 0.2) is 0 Å². The second-order valence-corrected chi connectivity index (χ2v) is 4.93. The summed E-state index contributed by atoms with van der Waals surface area (Å²) in [5, 5.41) is 0. The van der Waals surface area contributed by atoms with Crippen LogP contribution in [0.5, 0.6) is 5.75 Å². The van der Waals surface area contributed by atoms with Crippen LogP contribution in [0.4, 0.5) is 0 Å². The molecular formula is C16H25NO4. The molecule has 0 radical (unpaired) electrons. The van der Waals surface area contributed by atoms with Crippen molar-refractivity contribution in [3.05, 3.63) is 29.8 Å². The Bertz CT molecular complexity index is 388. The number of para-hydroxylation sites is 1. The Morgan fingerprint density at radius 1 is 0.905 bits per heavy atom. The highest BCUT2D eigenvalue weighted by atomic mass is 16.5. The van der Waals surface area contributed by atoms with Crippen LogP contribution in [0.15, 0.2) is 24.3 Å². The first-order valence-electron chi connectivity index (χ1n) is 7.47. The van der Waals surface area contributed by atoms with Crippen LogP contribution >= 0.6 is 0 Å². The summed E-state index contributed by atoms with van der Waals surface area (Å²) in [7, 11) is 1.71. The Hall–Kier alpha value is -1.14. The first-order valence-corrected chi connectivity index (χ1v) is 7.47. The van der Waals surface area contributed by atoms with Crippen molar-refractivity contribution in [2.75, 3.05) is 59.8 Å². The molecule has 1 aromatic carbocycles. The first-order chi connectivity index (χ1) is 10.4. The summed E-state index contributed by atoms with van der Waals surface area (Å²) in [6.07, 6.45) is 0. The largest absolute Gasteiger partial charge is 0.496 e. The van der Waals surface area contributed by atoms with E-state index in [1.807, 2.05) is 18.2 Å². The van der Waals surface area contributed by atoms with E-state index in [0.717, 1.165) is 25.4 Å². The van der Waals surface area contributed by atoms with Crippen LogP contribution in [0.25, 0.3) is 0 Å². The second-order valence-electron chi connectivity index (χ2n) is 4.93. The van der Waals surface area contributed by atoms with Gasteiger partial charge < -0.3 is 18.9 Å². The molecule has 0 aliphatic carbocycles. The predicted molar refractivity (Wildman–Crippen MR) is 80.7 cm³/mol. The molecule has 1 saturated heterocycles. The number of ether oxygens (including phenoxy) is 4. The van der Waals surface area contributed by atoms with Crippen LogP contribution in [0, 0.1) is 0 Å². The van der Waals surface area contributed by atoms with Crippen molar-refractivity contribution in [2.24, 2.45) is 0 Å². The fourth-order valence-electron chi connectivity index (χ4n) is 2.27. The smallest absolute Gasteiger partial charge is 0.123 e. The maximum Gasteiger partial charge on any atom is 0.123 e. The van der Waals surface area contributed by atoms with Gasteiger partial charge in [-0.1, -0.05) is 18.2 Å². The van der Waals surface area contributed by atoms with Crippen molar-refractivity contribution >= 4 is 0 Å². The van der Waals surface area contributed by atoms with Crippen molar-refractivity contribution in [1.82, 2.24) is 4.90 Å². The fourth-order valence-corrected chi connectivity index (χ4v) is 2.27. The Morgan fingerprint density at radius 2 is 1.48 bits per heavy atom. The third-order valence-electron chi connectivity index (χ3n) is 3.43. The van der Waals surface area contributed by atoms with Crippen molar-refractivity contribution in [3.8, 4) is 5.75 Å². The monoisotopic (exact) mass is 295 g/mol. The third-order valence-corrected chi connectivity index (χ3v) is 3.43. The normalized spacial score (nSPS) is 19.5. The lowest BCUT2D eigenvalue weighted by Gasteiger charge is -2.24. The summed E-state index contributed by atoms with van der Waals surface area (Å²) in [6.45, 7) is 6.56. The molecule has 1 aliphatic rings. The predicted octanol–water partition coefficient (Wildman–Crippen LogP) is 1.56. The lowest BCUT2D eigenvalue weighted by atomic mass is 10.2. The Balaban J connectivity index is 1.90. The number of rotatable bonds is 3. The highest BCUT2D eigenvalue weighted by Crippen LogP contribution is 2.19. The maximum absolute atomic E-state index is 5.59. The van der Waals surface area contributed by atoms with Crippen LogP contribution in [0.3, 0.4) is 0 Å². The Labute approximate surface area is 126 Å². The molecule has 1 aliphatic heterocycles.